The molecule has 0 radical (unpaired) electrons. The highest BCUT2D eigenvalue weighted by atomic mass is 32.2. The van der Waals surface area contributed by atoms with Crippen LogP contribution in [0, 0.1) is 0 Å². The summed E-state index contributed by atoms with van der Waals surface area (Å²) in [5, 5.41) is 3.97. The predicted molar refractivity (Wildman–Crippen MR) is 73.2 cm³/mol. The first-order valence-electron chi connectivity index (χ1n) is 6.08. The van der Waals surface area contributed by atoms with Gasteiger partial charge in [-0.15, -0.1) is 0 Å². The molecule has 0 spiro atoms. The third kappa shape index (κ3) is 3.02. The minimum Gasteiger partial charge on any atom is -0.351 e. The molecule has 0 saturated carbocycles. The van der Waals surface area contributed by atoms with Gasteiger partial charge in [0.05, 0.1) is 17.9 Å². The first-order valence-corrected chi connectivity index (χ1v) is 7.52. The number of likely N-dealkylation sites (N-methyl/N-ethyl adjacent to an activating group) is 1. The van der Waals surface area contributed by atoms with Crippen LogP contribution in [-0.4, -0.2) is 55.3 Å². The maximum absolute atomic E-state index is 12.3. The first-order chi connectivity index (χ1) is 9.29. The molecule has 0 aliphatic carbocycles. The van der Waals surface area contributed by atoms with E-state index in [0.29, 0.717) is 18.7 Å². The Kier molecular flexibility index (Phi) is 3.86. The van der Waals surface area contributed by atoms with Crippen LogP contribution in [0.4, 0.5) is 10.5 Å². The topological polar surface area (TPSA) is 114 Å². The number of nitrogens with one attached hydrogen (secondary N) is 1. The molecule has 3 N–H and O–H groups in total. The number of hydrogen-bond acceptors (Lipinski definition) is 5. The third-order valence-corrected chi connectivity index (χ3v) is 4.62. The average molecular weight is 302 g/mol. The molecular weight excluding hydrogens is 284 g/mol. The fourth-order valence-corrected chi connectivity index (χ4v) is 3.64. The van der Waals surface area contributed by atoms with Crippen LogP contribution in [-0.2, 0) is 17.3 Å². The number of nitrogens with zero attached hydrogens (tertiary/aromatic N) is 4. The molecule has 2 heterocycles. The molecule has 9 nitrogen and oxygen atoms in total. The Morgan fingerprint density at radius 1 is 1.55 bits per heavy atom. The zero-order chi connectivity index (χ0) is 14.9. The number of aromatic nitrogens is 2. The summed E-state index contributed by atoms with van der Waals surface area (Å²) < 4.78 is 29.1. The van der Waals surface area contributed by atoms with Gasteiger partial charge in [-0.05, 0) is 20.0 Å². The molecule has 1 aromatic rings. The summed E-state index contributed by atoms with van der Waals surface area (Å²) in [6.07, 6.45) is 3.70. The van der Waals surface area contributed by atoms with E-state index in [2.05, 4.69) is 5.10 Å². The summed E-state index contributed by atoms with van der Waals surface area (Å²) in [4.78, 5) is 12.9. The van der Waals surface area contributed by atoms with Gasteiger partial charge in [0.2, 0.25) is 0 Å². The lowest BCUT2D eigenvalue weighted by Gasteiger charge is -2.28. The van der Waals surface area contributed by atoms with Crippen molar-refractivity contribution in [3.05, 3.63) is 12.4 Å². The van der Waals surface area contributed by atoms with Crippen molar-refractivity contribution in [2.45, 2.75) is 12.5 Å². The molecule has 1 aliphatic rings. The number of anilines is 1. The molecule has 0 bridgehead atoms. The van der Waals surface area contributed by atoms with Gasteiger partial charge in [-0.1, -0.05) is 0 Å². The SMILES string of the molecule is CN1CC[C@@H](N(c2cnn(C)c2)S(=O)(=O)NC(N)=O)C1. The second-order valence-electron chi connectivity index (χ2n) is 4.84. The van der Waals surface area contributed by atoms with Crippen LogP contribution in [0.3, 0.4) is 0 Å². The molecule has 1 saturated heterocycles. The predicted octanol–water partition coefficient (Wildman–Crippen LogP) is -1.16. The van der Waals surface area contributed by atoms with E-state index >= 15 is 0 Å². The normalized spacial score (nSPS) is 20.0. The Hall–Kier alpha value is -1.81. The van der Waals surface area contributed by atoms with Gasteiger partial charge < -0.3 is 10.6 Å². The fourth-order valence-electron chi connectivity index (χ4n) is 2.35. The van der Waals surface area contributed by atoms with Gasteiger partial charge in [0, 0.05) is 19.8 Å². The molecule has 112 valence electrons. The van der Waals surface area contributed by atoms with Crippen LogP contribution >= 0.6 is 0 Å². The number of nitrogens with two attached hydrogens (primary N) is 1. The zero-order valence-corrected chi connectivity index (χ0v) is 12.2. The van der Waals surface area contributed by atoms with Crippen LogP contribution in [0.25, 0.3) is 0 Å². The Morgan fingerprint density at radius 3 is 2.70 bits per heavy atom. The second-order valence-corrected chi connectivity index (χ2v) is 6.39. The monoisotopic (exact) mass is 302 g/mol. The standard InChI is InChI=1S/C10H18N6O3S/c1-14-4-3-8(6-14)16(9-5-12-15(2)7-9)20(18,19)13-10(11)17/h5,7-8H,3-4,6H2,1-2H3,(H3,11,13,17)/t8-/m1/s1. The smallest absolute Gasteiger partial charge is 0.327 e. The maximum atomic E-state index is 12.3. The Balaban J connectivity index is 2.36. The van der Waals surface area contributed by atoms with E-state index in [1.165, 1.54) is 15.2 Å². The Bertz CT molecular complexity index is 598. The molecule has 1 aromatic heterocycles. The summed E-state index contributed by atoms with van der Waals surface area (Å²) in [6, 6.07) is -1.37. The van der Waals surface area contributed by atoms with Crippen molar-refractivity contribution in [3.63, 3.8) is 0 Å². The van der Waals surface area contributed by atoms with E-state index in [1.807, 2.05) is 11.9 Å². The number of hydrogen-bond donors (Lipinski definition) is 2. The van der Waals surface area contributed by atoms with Crippen LogP contribution < -0.4 is 14.8 Å². The zero-order valence-electron chi connectivity index (χ0n) is 11.4. The van der Waals surface area contributed by atoms with Gasteiger partial charge in [0.1, 0.15) is 0 Å². The lowest BCUT2D eigenvalue weighted by molar-refractivity contribution is 0.253. The lowest BCUT2D eigenvalue weighted by atomic mass is 10.2. The summed E-state index contributed by atoms with van der Waals surface area (Å²) in [6.45, 7) is 1.36. The van der Waals surface area contributed by atoms with Crippen molar-refractivity contribution in [1.29, 1.82) is 0 Å². The Morgan fingerprint density at radius 2 is 2.25 bits per heavy atom. The largest absolute Gasteiger partial charge is 0.351 e. The van der Waals surface area contributed by atoms with Crippen molar-refractivity contribution >= 4 is 21.9 Å². The summed E-state index contributed by atoms with van der Waals surface area (Å²) >= 11 is 0. The first kappa shape index (κ1) is 14.6. The van der Waals surface area contributed by atoms with E-state index in [0.717, 1.165) is 6.54 Å². The van der Waals surface area contributed by atoms with Gasteiger partial charge in [0.15, 0.2) is 0 Å². The lowest BCUT2D eigenvalue weighted by Crippen LogP contribution is -2.50. The number of amides is 2. The van der Waals surface area contributed by atoms with Gasteiger partial charge in [-0.3, -0.25) is 4.68 Å². The van der Waals surface area contributed by atoms with Crippen LogP contribution in [0.5, 0.6) is 0 Å². The number of urea groups is 1. The molecular formula is C10H18N6O3S. The van der Waals surface area contributed by atoms with Crippen LogP contribution in [0.1, 0.15) is 6.42 Å². The third-order valence-electron chi connectivity index (χ3n) is 3.13. The van der Waals surface area contributed by atoms with Crippen molar-refractivity contribution in [1.82, 2.24) is 19.4 Å². The molecule has 0 unspecified atom stereocenters. The molecule has 20 heavy (non-hydrogen) atoms. The number of carbonyl (C=O) groups excluding carboxylic acids is 1. The van der Waals surface area contributed by atoms with Crippen molar-refractivity contribution in [2.75, 3.05) is 24.4 Å². The molecule has 2 rings (SSSR count). The molecule has 1 fully saturated rings. The summed E-state index contributed by atoms with van der Waals surface area (Å²) in [5.74, 6) is 0. The number of carbonyl (C=O) groups is 1. The number of primary amides is 1. The Labute approximate surface area is 117 Å². The van der Waals surface area contributed by atoms with Gasteiger partial charge >= 0.3 is 16.2 Å². The van der Waals surface area contributed by atoms with Crippen LogP contribution in [0.2, 0.25) is 0 Å². The summed E-state index contributed by atoms with van der Waals surface area (Å²) in [7, 11) is -0.436. The van der Waals surface area contributed by atoms with Crippen molar-refractivity contribution < 1.29 is 13.2 Å². The van der Waals surface area contributed by atoms with E-state index < -0.39 is 16.2 Å². The molecule has 1 aliphatic heterocycles. The highest BCUT2D eigenvalue weighted by Crippen LogP contribution is 2.24. The van der Waals surface area contributed by atoms with E-state index in [4.69, 9.17) is 5.73 Å². The highest BCUT2D eigenvalue weighted by molar-refractivity contribution is 7.91. The minimum absolute atomic E-state index is 0.263. The average Bonchev–Trinajstić information content (AvgIpc) is 2.87. The van der Waals surface area contributed by atoms with E-state index in [1.54, 1.807) is 18.0 Å². The summed E-state index contributed by atoms with van der Waals surface area (Å²) in [5.41, 5.74) is 5.34. The van der Waals surface area contributed by atoms with Gasteiger partial charge in [-0.25, -0.2) is 13.8 Å². The maximum Gasteiger partial charge on any atom is 0.327 e. The quantitative estimate of drug-likeness (QED) is 0.728. The molecule has 1 atom stereocenters. The van der Waals surface area contributed by atoms with Gasteiger partial charge in [-0.2, -0.15) is 13.5 Å². The fraction of sp³-hybridized carbons (Fsp3) is 0.600. The van der Waals surface area contributed by atoms with Crippen molar-refractivity contribution in [2.24, 2.45) is 12.8 Å². The van der Waals surface area contributed by atoms with Gasteiger partial charge in [0.25, 0.3) is 0 Å². The number of likely N-dealkylation sites (tertiary alicyclic amines) is 1. The second kappa shape index (κ2) is 5.29. The number of rotatable bonds is 4. The molecule has 2 amide bonds. The van der Waals surface area contributed by atoms with Crippen LogP contribution in [0.15, 0.2) is 12.4 Å². The van der Waals surface area contributed by atoms with E-state index in [9.17, 15) is 13.2 Å². The molecule has 0 aromatic carbocycles. The van der Waals surface area contributed by atoms with E-state index in [-0.39, 0.29) is 6.04 Å². The molecule has 10 heteroatoms. The minimum atomic E-state index is -4.04. The number of aryl methyl sites for hydroxylation is 1. The highest BCUT2D eigenvalue weighted by Gasteiger charge is 2.35. The van der Waals surface area contributed by atoms with Crippen molar-refractivity contribution in [3.8, 4) is 0 Å².